The Labute approximate surface area is 298 Å². The number of nitrogens with one attached hydrogen (secondary N) is 2. The molecule has 7 rings (SSSR count). The summed E-state index contributed by atoms with van der Waals surface area (Å²) in [5, 5.41) is 16.5. The van der Waals surface area contributed by atoms with E-state index in [-0.39, 0.29) is 17.9 Å². The molecule has 0 spiro atoms. The van der Waals surface area contributed by atoms with Crippen molar-refractivity contribution in [1.82, 2.24) is 34.9 Å². The van der Waals surface area contributed by atoms with Crippen molar-refractivity contribution in [3.8, 4) is 45.3 Å². The average molecular weight is 717 g/mol. The first kappa shape index (κ1) is 33.7. The van der Waals surface area contributed by atoms with E-state index in [2.05, 4.69) is 15.6 Å². The number of pyridine rings is 3. The number of rotatable bonds is 12. The lowest BCUT2D eigenvalue weighted by Gasteiger charge is -2.35. The van der Waals surface area contributed by atoms with Gasteiger partial charge in [-0.2, -0.15) is 0 Å². The average Bonchev–Trinajstić information content (AvgIpc) is 3.71. The van der Waals surface area contributed by atoms with Gasteiger partial charge < -0.3 is 29.6 Å². The van der Waals surface area contributed by atoms with E-state index in [0.717, 1.165) is 34.4 Å². The summed E-state index contributed by atoms with van der Waals surface area (Å²) in [6.07, 6.45) is 6.89. The number of nitrogens with zero attached hydrogens (tertiary/aromatic N) is 5. The van der Waals surface area contributed by atoms with Gasteiger partial charge in [0.2, 0.25) is 11.8 Å². The quantitative estimate of drug-likeness (QED) is 0.155. The molecule has 0 bridgehead atoms. The molecule has 12 nitrogen and oxygen atoms in total. The fourth-order valence-corrected chi connectivity index (χ4v) is 7.14. The van der Waals surface area contributed by atoms with Crippen molar-refractivity contribution in [3.63, 3.8) is 0 Å². The highest BCUT2D eigenvalue weighted by Crippen LogP contribution is 2.42. The normalized spacial score (nSPS) is 16.4. The number of amides is 1. The van der Waals surface area contributed by atoms with Crippen molar-refractivity contribution >= 4 is 40.7 Å². The highest BCUT2D eigenvalue weighted by atomic mass is 35.5. The fraction of sp³-hybridized carbons (Fsp3) is 0.306. The summed E-state index contributed by atoms with van der Waals surface area (Å²) in [6.45, 7) is 2.73. The van der Waals surface area contributed by atoms with Crippen LogP contribution in [0.5, 0.6) is 11.6 Å². The van der Waals surface area contributed by atoms with E-state index in [1.54, 1.807) is 20.4 Å². The summed E-state index contributed by atoms with van der Waals surface area (Å²) < 4.78 is 13.2. The predicted molar refractivity (Wildman–Crippen MR) is 189 cm³/mol. The van der Waals surface area contributed by atoms with Crippen LogP contribution in [0.25, 0.3) is 39.3 Å². The molecule has 0 saturated carbocycles. The third kappa shape index (κ3) is 6.71. The fourth-order valence-electron chi connectivity index (χ4n) is 6.49. The second kappa shape index (κ2) is 14.2. The van der Waals surface area contributed by atoms with Gasteiger partial charge in [-0.05, 0) is 24.6 Å². The first-order valence-corrected chi connectivity index (χ1v) is 17.0. The maximum Gasteiger partial charge on any atom is 0.309 e. The Balaban J connectivity index is 1.15. The van der Waals surface area contributed by atoms with Crippen LogP contribution in [0.1, 0.15) is 24.1 Å². The molecule has 1 amide bonds. The van der Waals surface area contributed by atoms with E-state index in [1.165, 1.54) is 0 Å². The summed E-state index contributed by atoms with van der Waals surface area (Å²) >= 11 is 14.2. The zero-order valence-corrected chi connectivity index (χ0v) is 29.0. The van der Waals surface area contributed by atoms with Crippen LogP contribution in [0.3, 0.4) is 0 Å². The zero-order valence-electron chi connectivity index (χ0n) is 27.5. The summed E-state index contributed by atoms with van der Waals surface area (Å²) in [7, 11) is 3.17. The lowest BCUT2D eigenvalue weighted by atomic mass is 10.00. The molecule has 6 heterocycles. The Hall–Kier alpha value is -4.75. The zero-order chi connectivity index (χ0) is 34.9. The summed E-state index contributed by atoms with van der Waals surface area (Å²) in [4.78, 5) is 38.9. The van der Waals surface area contributed by atoms with Crippen molar-refractivity contribution < 1.29 is 24.2 Å². The van der Waals surface area contributed by atoms with Crippen LogP contribution in [-0.4, -0.2) is 81.1 Å². The smallest absolute Gasteiger partial charge is 0.309 e. The number of carboxylic acids is 1. The second-order valence-electron chi connectivity index (χ2n) is 12.5. The van der Waals surface area contributed by atoms with Crippen LogP contribution < -0.4 is 20.1 Å². The van der Waals surface area contributed by atoms with Gasteiger partial charge in [0, 0.05) is 91.6 Å². The van der Waals surface area contributed by atoms with Crippen LogP contribution >= 0.6 is 23.2 Å². The first-order chi connectivity index (χ1) is 24.2. The van der Waals surface area contributed by atoms with Crippen molar-refractivity contribution in [2.24, 2.45) is 5.92 Å². The Morgan fingerprint density at radius 3 is 2.58 bits per heavy atom. The third-order valence-electron chi connectivity index (χ3n) is 9.13. The number of benzene rings is 1. The number of halogens is 2. The van der Waals surface area contributed by atoms with E-state index < -0.39 is 5.97 Å². The monoisotopic (exact) mass is 715 g/mol. The van der Waals surface area contributed by atoms with Gasteiger partial charge in [0.05, 0.1) is 47.3 Å². The summed E-state index contributed by atoms with van der Waals surface area (Å²) in [5.41, 5.74) is 6.37. The van der Waals surface area contributed by atoms with Gasteiger partial charge in [-0.25, -0.2) is 9.97 Å². The molecule has 50 heavy (non-hydrogen) atoms. The number of ether oxygens (including phenoxy) is 2. The van der Waals surface area contributed by atoms with E-state index in [1.807, 2.05) is 64.2 Å². The molecule has 0 aliphatic carbocycles. The molecule has 2 aliphatic heterocycles. The van der Waals surface area contributed by atoms with Crippen LogP contribution in [0.15, 0.2) is 61.1 Å². The minimum atomic E-state index is -0.772. The Morgan fingerprint density at radius 1 is 1.04 bits per heavy atom. The molecule has 1 atom stereocenters. The largest absolute Gasteiger partial charge is 0.493 e. The van der Waals surface area contributed by atoms with Gasteiger partial charge in [0.25, 0.3) is 0 Å². The highest BCUT2D eigenvalue weighted by molar-refractivity contribution is 6.39. The minimum Gasteiger partial charge on any atom is -0.493 e. The maximum absolute atomic E-state index is 11.5. The maximum atomic E-state index is 11.5. The number of imidazole rings is 1. The molecule has 0 unspecified atom stereocenters. The highest BCUT2D eigenvalue weighted by Gasteiger charge is 2.32. The molecule has 1 aromatic carbocycles. The molecule has 5 aromatic rings. The number of aromatic nitrogens is 4. The van der Waals surface area contributed by atoms with E-state index in [0.29, 0.717) is 83.4 Å². The Kier molecular flexibility index (Phi) is 9.60. The number of aliphatic carboxylic acids is 1. The van der Waals surface area contributed by atoms with Gasteiger partial charge >= 0.3 is 5.97 Å². The molecule has 0 radical (unpaired) electrons. The minimum absolute atomic E-state index is 0.0902. The van der Waals surface area contributed by atoms with Gasteiger partial charge in [0.15, 0.2) is 11.4 Å². The molecule has 4 aromatic heterocycles. The topological polar surface area (TPSA) is 143 Å². The predicted octanol–water partition coefficient (Wildman–Crippen LogP) is 5.33. The van der Waals surface area contributed by atoms with Crippen LogP contribution in [0.4, 0.5) is 0 Å². The lowest BCUT2D eigenvalue weighted by molar-refractivity contribution is -0.147. The van der Waals surface area contributed by atoms with Crippen molar-refractivity contribution in [2.45, 2.75) is 32.0 Å². The molecule has 2 aliphatic rings. The third-order valence-corrected chi connectivity index (χ3v) is 9.92. The van der Waals surface area contributed by atoms with Crippen LogP contribution in [-0.2, 0) is 22.7 Å². The number of methoxy groups -OCH3 is 2. The van der Waals surface area contributed by atoms with E-state index in [4.69, 9.17) is 42.6 Å². The number of carbonyl (C=O) groups is 2. The van der Waals surface area contributed by atoms with Crippen molar-refractivity contribution in [1.29, 1.82) is 0 Å². The second-order valence-corrected chi connectivity index (χ2v) is 13.2. The molecular weight excluding hydrogens is 681 g/mol. The number of hydrogen-bond donors (Lipinski definition) is 3. The van der Waals surface area contributed by atoms with Crippen molar-refractivity contribution in [2.75, 3.05) is 33.9 Å². The molecule has 14 heteroatoms. The first-order valence-electron chi connectivity index (χ1n) is 16.2. The van der Waals surface area contributed by atoms with E-state index >= 15 is 0 Å². The molecule has 2 fully saturated rings. The van der Waals surface area contributed by atoms with Gasteiger partial charge in [-0.3, -0.25) is 19.5 Å². The number of fused-ring (bicyclic) bond motifs is 1. The van der Waals surface area contributed by atoms with Gasteiger partial charge in [0.1, 0.15) is 0 Å². The SMILES string of the molecule is COc1nc(-c2cccc(-c3ccnc(-c4cc(OC)c5nc(CN6CC(C(=O)O)C6)cn5c4)c3Cl)c2Cl)ccc1CNC[C@H]1CCC(=O)N1. The lowest BCUT2D eigenvalue weighted by Crippen LogP contribution is -2.49. The molecule has 3 N–H and O–H groups in total. The number of carboxylic acid groups (broad SMARTS) is 1. The van der Waals surface area contributed by atoms with Gasteiger partial charge in [-0.1, -0.05) is 47.5 Å². The van der Waals surface area contributed by atoms with Gasteiger partial charge in [-0.15, -0.1) is 0 Å². The van der Waals surface area contributed by atoms with E-state index in [9.17, 15) is 14.7 Å². The summed E-state index contributed by atoms with van der Waals surface area (Å²) in [5.74, 6) is 0.0123. The Bertz CT molecular complexity index is 2100. The molecule has 258 valence electrons. The van der Waals surface area contributed by atoms with Crippen LogP contribution in [0.2, 0.25) is 10.0 Å². The molecular formula is C36H35Cl2N7O5. The van der Waals surface area contributed by atoms with Crippen LogP contribution in [0, 0.1) is 5.92 Å². The Morgan fingerprint density at radius 2 is 1.84 bits per heavy atom. The summed E-state index contributed by atoms with van der Waals surface area (Å²) in [6, 6.07) is 13.4. The molecule has 2 saturated heterocycles. The van der Waals surface area contributed by atoms with Crippen molar-refractivity contribution in [3.05, 3.63) is 82.4 Å². The number of hydrogen-bond acceptors (Lipinski definition) is 9. The number of carbonyl (C=O) groups excluding carboxylic acids is 1. The number of likely N-dealkylation sites (tertiary alicyclic amines) is 1. The standard InChI is InChI=1S/C36H35Cl2N7O5/c1-49-29-12-21(17-45-19-24(42-34(29)45)18-44-15-22(16-44)36(47)48)33-32(38)26(10-11-40-33)25-4-3-5-27(31(25)37)28-8-6-20(35(43-28)50-2)13-39-14-23-7-9-30(46)41-23/h3-6,8,10-12,17,19,22-23,39H,7,9,13-16,18H2,1-2H3,(H,41,46)(H,47,48)/t23-/m1/s1.